The van der Waals surface area contributed by atoms with Gasteiger partial charge in [0.05, 0.1) is 18.1 Å². The third-order valence-corrected chi connectivity index (χ3v) is 4.84. The highest BCUT2D eigenvalue weighted by Gasteiger charge is 2.51. The molecule has 0 atom stereocenters. The van der Waals surface area contributed by atoms with Gasteiger partial charge in [-0.3, -0.25) is 4.79 Å². The first-order chi connectivity index (χ1) is 12.6. The average Bonchev–Trinajstić information content (AvgIpc) is 3.50. The Hall–Kier alpha value is -3.02. The van der Waals surface area contributed by atoms with E-state index in [1.165, 1.54) is 7.11 Å². The van der Waals surface area contributed by atoms with Crippen LogP contribution in [0.4, 0.5) is 5.69 Å². The summed E-state index contributed by atoms with van der Waals surface area (Å²) in [5.41, 5.74) is 1.49. The summed E-state index contributed by atoms with van der Waals surface area (Å²) in [5, 5.41) is 2.94. The zero-order valence-electron chi connectivity index (χ0n) is 14.4. The van der Waals surface area contributed by atoms with Gasteiger partial charge >= 0.3 is 5.97 Å². The van der Waals surface area contributed by atoms with Crippen molar-refractivity contribution in [1.29, 1.82) is 0 Å². The molecule has 2 aromatic carbocycles. The van der Waals surface area contributed by atoms with E-state index >= 15 is 0 Å². The molecule has 1 N–H and O–H groups in total. The molecular formula is C20H19NO5. The van der Waals surface area contributed by atoms with Crippen LogP contribution in [-0.4, -0.2) is 32.2 Å². The first-order valence-electron chi connectivity index (χ1n) is 8.52. The molecule has 1 aliphatic heterocycles. The van der Waals surface area contributed by atoms with Gasteiger partial charge in [-0.2, -0.15) is 0 Å². The smallest absolute Gasteiger partial charge is 0.337 e. The highest BCUT2D eigenvalue weighted by molar-refractivity contribution is 6.01. The lowest BCUT2D eigenvalue weighted by Gasteiger charge is -2.21. The lowest BCUT2D eigenvalue weighted by molar-refractivity contribution is -0.118. The number of hydrogen-bond donors (Lipinski definition) is 1. The van der Waals surface area contributed by atoms with Crippen LogP contribution in [0.1, 0.15) is 28.8 Å². The maximum atomic E-state index is 12.9. The molecule has 1 heterocycles. The van der Waals surface area contributed by atoms with Crippen LogP contribution in [0.3, 0.4) is 0 Å². The highest BCUT2D eigenvalue weighted by atomic mass is 16.6. The quantitative estimate of drug-likeness (QED) is 0.856. The summed E-state index contributed by atoms with van der Waals surface area (Å²) >= 11 is 0. The van der Waals surface area contributed by atoms with Gasteiger partial charge in [0.15, 0.2) is 11.5 Å². The van der Waals surface area contributed by atoms with Crippen molar-refractivity contribution in [2.75, 3.05) is 25.6 Å². The topological polar surface area (TPSA) is 73.9 Å². The summed E-state index contributed by atoms with van der Waals surface area (Å²) in [6.07, 6.45) is 1.58. The van der Waals surface area contributed by atoms with Crippen LogP contribution in [0.5, 0.6) is 11.5 Å². The summed E-state index contributed by atoms with van der Waals surface area (Å²) in [6, 6.07) is 12.4. The molecule has 6 nitrogen and oxygen atoms in total. The second-order valence-corrected chi connectivity index (χ2v) is 6.46. The fraction of sp³-hybridized carbons (Fsp3) is 0.300. The molecular weight excluding hydrogens is 334 g/mol. The molecule has 0 aromatic heterocycles. The van der Waals surface area contributed by atoms with Gasteiger partial charge in [0.2, 0.25) is 5.91 Å². The zero-order valence-corrected chi connectivity index (χ0v) is 14.4. The summed E-state index contributed by atoms with van der Waals surface area (Å²) in [6.45, 7) is 1.06. The summed E-state index contributed by atoms with van der Waals surface area (Å²) in [7, 11) is 1.34. The van der Waals surface area contributed by atoms with Gasteiger partial charge in [-0.25, -0.2) is 4.79 Å². The van der Waals surface area contributed by atoms with Crippen LogP contribution in [0, 0.1) is 0 Å². The van der Waals surface area contributed by atoms with Gasteiger partial charge in [-0.1, -0.05) is 6.07 Å². The number of esters is 1. The zero-order chi connectivity index (χ0) is 18.1. The molecule has 0 unspecified atom stereocenters. The van der Waals surface area contributed by atoms with E-state index in [-0.39, 0.29) is 5.91 Å². The summed E-state index contributed by atoms with van der Waals surface area (Å²) < 4.78 is 15.9. The van der Waals surface area contributed by atoms with E-state index in [9.17, 15) is 9.59 Å². The molecule has 6 heteroatoms. The third kappa shape index (κ3) is 2.87. The van der Waals surface area contributed by atoms with Crippen molar-refractivity contribution in [3.8, 4) is 11.5 Å². The first-order valence-corrected chi connectivity index (χ1v) is 8.52. The predicted molar refractivity (Wildman–Crippen MR) is 94.8 cm³/mol. The van der Waals surface area contributed by atoms with E-state index in [2.05, 4.69) is 10.1 Å². The minimum Gasteiger partial charge on any atom is -0.486 e. The Balaban J connectivity index is 1.51. The Bertz CT molecular complexity index is 855. The fourth-order valence-corrected chi connectivity index (χ4v) is 3.17. The number of hydrogen-bond acceptors (Lipinski definition) is 5. The number of ether oxygens (including phenoxy) is 3. The lowest BCUT2D eigenvalue weighted by Crippen LogP contribution is -2.28. The molecule has 4 rings (SSSR count). The average molecular weight is 353 g/mol. The van der Waals surface area contributed by atoms with Crippen LogP contribution in [0.25, 0.3) is 0 Å². The van der Waals surface area contributed by atoms with Crippen LogP contribution < -0.4 is 14.8 Å². The standard InChI is InChI=1S/C20H19NO5/c1-24-18(22)13-2-5-15(6-3-13)21-19(23)20(8-9-20)14-4-7-16-17(12-14)26-11-10-25-16/h2-7,12H,8-11H2,1H3,(H,21,23). The van der Waals surface area contributed by atoms with Crippen molar-refractivity contribution < 1.29 is 23.8 Å². The Kier molecular flexibility index (Phi) is 4.03. The van der Waals surface area contributed by atoms with Gasteiger partial charge in [-0.15, -0.1) is 0 Å². The molecule has 1 fully saturated rings. The third-order valence-electron chi connectivity index (χ3n) is 4.84. The molecule has 26 heavy (non-hydrogen) atoms. The Morgan fingerprint density at radius 2 is 1.69 bits per heavy atom. The highest BCUT2D eigenvalue weighted by Crippen LogP contribution is 2.50. The normalized spacial score (nSPS) is 16.5. The maximum Gasteiger partial charge on any atom is 0.337 e. The van der Waals surface area contributed by atoms with Crippen LogP contribution >= 0.6 is 0 Å². The van der Waals surface area contributed by atoms with Gasteiger partial charge in [0.1, 0.15) is 13.2 Å². The number of fused-ring (bicyclic) bond motifs is 1. The molecule has 0 bridgehead atoms. The van der Waals surface area contributed by atoms with Gasteiger partial charge < -0.3 is 19.5 Å². The Labute approximate surface area is 151 Å². The van der Waals surface area contributed by atoms with E-state index in [1.807, 2.05) is 18.2 Å². The Morgan fingerprint density at radius 1 is 1.00 bits per heavy atom. The van der Waals surface area contributed by atoms with Crippen LogP contribution in [0.2, 0.25) is 0 Å². The van der Waals surface area contributed by atoms with Crippen molar-refractivity contribution in [1.82, 2.24) is 0 Å². The van der Waals surface area contributed by atoms with E-state index < -0.39 is 11.4 Å². The number of carbonyl (C=O) groups excluding carboxylic acids is 2. The monoisotopic (exact) mass is 353 g/mol. The molecule has 2 aliphatic rings. The second kappa shape index (κ2) is 6.37. The fourth-order valence-electron chi connectivity index (χ4n) is 3.17. The van der Waals surface area contributed by atoms with Crippen LogP contribution in [0.15, 0.2) is 42.5 Å². The van der Waals surface area contributed by atoms with E-state index in [4.69, 9.17) is 9.47 Å². The van der Waals surface area contributed by atoms with Crippen LogP contribution in [-0.2, 0) is 14.9 Å². The van der Waals surface area contributed by atoms with Gasteiger partial charge in [0, 0.05) is 5.69 Å². The molecule has 1 aliphatic carbocycles. The molecule has 0 spiro atoms. The van der Waals surface area contributed by atoms with Gasteiger partial charge in [0.25, 0.3) is 0 Å². The molecule has 1 saturated carbocycles. The van der Waals surface area contributed by atoms with E-state index in [0.717, 1.165) is 24.2 Å². The number of amides is 1. The van der Waals surface area contributed by atoms with Crippen molar-refractivity contribution in [2.45, 2.75) is 18.3 Å². The number of benzene rings is 2. The number of rotatable bonds is 4. The first kappa shape index (κ1) is 16.4. The van der Waals surface area contributed by atoms with E-state index in [0.29, 0.717) is 30.2 Å². The van der Waals surface area contributed by atoms with Gasteiger partial charge in [-0.05, 0) is 54.8 Å². The van der Waals surface area contributed by atoms with Crippen molar-refractivity contribution >= 4 is 17.6 Å². The molecule has 0 saturated heterocycles. The number of carbonyl (C=O) groups is 2. The number of nitrogens with one attached hydrogen (secondary N) is 1. The second-order valence-electron chi connectivity index (χ2n) is 6.46. The van der Waals surface area contributed by atoms with Crippen molar-refractivity contribution in [2.24, 2.45) is 0 Å². The van der Waals surface area contributed by atoms with Crippen molar-refractivity contribution in [3.05, 3.63) is 53.6 Å². The minimum atomic E-state index is -0.531. The molecule has 134 valence electrons. The largest absolute Gasteiger partial charge is 0.486 e. The van der Waals surface area contributed by atoms with E-state index in [1.54, 1.807) is 24.3 Å². The predicted octanol–water partition coefficient (Wildman–Crippen LogP) is 2.91. The molecule has 2 aromatic rings. The summed E-state index contributed by atoms with van der Waals surface area (Å²) in [4.78, 5) is 24.4. The Morgan fingerprint density at radius 3 is 2.35 bits per heavy atom. The summed E-state index contributed by atoms with van der Waals surface area (Å²) in [5.74, 6) is 0.947. The SMILES string of the molecule is COC(=O)c1ccc(NC(=O)C2(c3ccc4c(c3)OCCO4)CC2)cc1. The molecule has 1 amide bonds. The minimum absolute atomic E-state index is 0.0556. The molecule has 0 radical (unpaired) electrons. The lowest BCUT2D eigenvalue weighted by atomic mass is 9.94. The maximum absolute atomic E-state index is 12.9. The number of methoxy groups -OCH3 is 1. The number of anilines is 1. The van der Waals surface area contributed by atoms with Crippen molar-refractivity contribution in [3.63, 3.8) is 0 Å².